The number of halogens is 1. The molecule has 0 aliphatic rings. The summed E-state index contributed by atoms with van der Waals surface area (Å²) in [4.78, 5) is 11.5. The molecule has 1 aromatic rings. The third-order valence-electron chi connectivity index (χ3n) is 2.23. The van der Waals surface area contributed by atoms with E-state index in [4.69, 9.17) is 5.11 Å². The number of aliphatic carboxylic acids is 1. The van der Waals surface area contributed by atoms with Gasteiger partial charge in [-0.25, -0.2) is 8.42 Å². The molecular formula is C9H12BrNO4S2. The van der Waals surface area contributed by atoms with Gasteiger partial charge in [0.1, 0.15) is 0 Å². The number of thiophene rings is 1. The average molecular weight is 342 g/mol. The zero-order valence-electron chi connectivity index (χ0n) is 9.25. The van der Waals surface area contributed by atoms with Crippen LogP contribution in [0.2, 0.25) is 0 Å². The van der Waals surface area contributed by atoms with Crippen LogP contribution in [0.15, 0.2) is 15.9 Å². The molecule has 1 N–H and O–H groups in total. The van der Waals surface area contributed by atoms with Crippen LogP contribution in [0.3, 0.4) is 0 Å². The summed E-state index contributed by atoms with van der Waals surface area (Å²) in [5.74, 6) is -1.34. The first-order valence-corrected chi connectivity index (χ1v) is 7.83. The molecule has 5 nitrogen and oxygen atoms in total. The Morgan fingerprint density at radius 2 is 2.24 bits per heavy atom. The first-order chi connectivity index (χ1) is 7.75. The number of hydrogen-bond donors (Lipinski definition) is 1. The molecule has 1 unspecified atom stereocenters. The molecule has 96 valence electrons. The molecular weight excluding hydrogens is 330 g/mol. The predicted octanol–water partition coefficient (Wildman–Crippen LogP) is 1.75. The number of sulfonamides is 1. The molecule has 0 aliphatic heterocycles. The second-order valence-electron chi connectivity index (χ2n) is 3.51. The van der Waals surface area contributed by atoms with Crippen molar-refractivity contribution < 1.29 is 18.3 Å². The number of rotatable bonds is 5. The Kier molecular flexibility index (Phi) is 4.70. The SMILES string of the molecule is CC(C(=O)O)S(=O)(=O)N(C)Cc1cc(Br)cs1. The fourth-order valence-corrected chi connectivity index (χ4v) is 3.84. The summed E-state index contributed by atoms with van der Waals surface area (Å²) in [7, 11) is -2.42. The third-order valence-corrected chi connectivity index (χ3v) is 6.00. The van der Waals surface area contributed by atoms with Crippen LogP contribution in [-0.2, 0) is 21.4 Å². The highest BCUT2D eigenvalue weighted by molar-refractivity contribution is 9.10. The van der Waals surface area contributed by atoms with Crippen LogP contribution in [0.5, 0.6) is 0 Å². The maximum absolute atomic E-state index is 11.8. The highest BCUT2D eigenvalue weighted by Gasteiger charge is 2.31. The van der Waals surface area contributed by atoms with Crippen molar-refractivity contribution in [3.63, 3.8) is 0 Å². The highest BCUT2D eigenvalue weighted by Crippen LogP contribution is 2.22. The monoisotopic (exact) mass is 341 g/mol. The zero-order chi connectivity index (χ0) is 13.2. The van der Waals surface area contributed by atoms with Gasteiger partial charge in [0.25, 0.3) is 0 Å². The lowest BCUT2D eigenvalue weighted by Gasteiger charge is -2.18. The number of hydrogen-bond acceptors (Lipinski definition) is 4. The topological polar surface area (TPSA) is 74.7 Å². The van der Waals surface area contributed by atoms with Gasteiger partial charge in [-0.1, -0.05) is 0 Å². The fraction of sp³-hybridized carbons (Fsp3) is 0.444. The molecule has 0 spiro atoms. The Bertz CT molecular complexity index is 511. The van der Waals surface area contributed by atoms with Crippen LogP contribution in [-0.4, -0.2) is 36.1 Å². The molecule has 0 radical (unpaired) electrons. The van der Waals surface area contributed by atoms with E-state index < -0.39 is 21.2 Å². The van der Waals surface area contributed by atoms with Gasteiger partial charge in [-0.15, -0.1) is 11.3 Å². The lowest BCUT2D eigenvalue weighted by atomic mass is 10.5. The normalized spacial score (nSPS) is 13.9. The van der Waals surface area contributed by atoms with E-state index in [9.17, 15) is 13.2 Å². The van der Waals surface area contributed by atoms with Gasteiger partial charge in [0.15, 0.2) is 5.25 Å². The number of carbonyl (C=O) groups is 1. The second kappa shape index (κ2) is 5.47. The van der Waals surface area contributed by atoms with Crippen molar-refractivity contribution in [2.45, 2.75) is 18.7 Å². The van der Waals surface area contributed by atoms with E-state index in [2.05, 4.69) is 15.9 Å². The second-order valence-corrected chi connectivity index (χ2v) is 7.78. The van der Waals surface area contributed by atoms with E-state index in [1.165, 1.54) is 25.3 Å². The first-order valence-electron chi connectivity index (χ1n) is 4.66. The van der Waals surface area contributed by atoms with Gasteiger partial charge in [0.05, 0.1) is 0 Å². The molecule has 1 heterocycles. The first kappa shape index (κ1) is 14.6. The van der Waals surface area contributed by atoms with Gasteiger partial charge >= 0.3 is 5.97 Å². The van der Waals surface area contributed by atoms with Crippen molar-refractivity contribution in [2.24, 2.45) is 0 Å². The molecule has 0 saturated heterocycles. The van der Waals surface area contributed by atoms with E-state index in [0.717, 1.165) is 13.7 Å². The van der Waals surface area contributed by atoms with E-state index in [0.29, 0.717) is 0 Å². The molecule has 1 aromatic heterocycles. The lowest BCUT2D eigenvalue weighted by Crippen LogP contribution is -2.38. The Balaban J connectivity index is 2.83. The Morgan fingerprint density at radius 3 is 2.65 bits per heavy atom. The number of carboxylic acid groups (broad SMARTS) is 1. The predicted molar refractivity (Wildman–Crippen MR) is 69.5 cm³/mol. The van der Waals surface area contributed by atoms with Crippen LogP contribution in [0.1, 0.15) is 11.8 Å². The summed E-state index contributed by atoms with van der Waals surface area (Å²) >= 11 is 4.69. The molecule has 17 heavy (non-hydrogen) atoms. The molecule has 0 saturated carbocycles. The van der Waals surface area contributed by atoms with Crippen molar-refractivity contribution in [1.29, 1.82) is 0 Å². The number of carboxylic acids is 1. The molecule has 0 amide bonds. The van der Waals surface area contributed by atoms with E-state index >= 15 is 0 Å². The third kappa shape index (κ3) is 3.51. The average Bonchev–Trinajstić information content (AvgIpc) is 2.62. The largest absolute Gasteiger partial charge is 0.480 e. The lowest BCUT2D eigenvalue weighted by molar-refractivity contribution is -0.136. The molecule has 1 rings (SSSR count). The zero-order valence-corrected chi connectivity index (χ0v) is 12.5. The Morgan fingerprint density at radius 1 is 1.65 bits per heavy atom. The number of nitrogens with zero attached hydrogens (tertiary/aromatic N) is 1. The van der Waals surface area contributed by atoms with Gasteiger partial charge in [-0.3, -0.25) is 4.79 Å². The summed E-state index contributed by atoms with van der Waals surface area (Å²) in [6.45, 7) is 1.34. The maximum atomic E-state index is 11.8. The quantitative estimate of drug-likeness (QED) is 0.885. The smallest absolute Gasteiger partial charge is 0.323 e. The standard InChI is InChI=1S/C9H12BrNO4S2/c1-6(9(12)13)17(14,15)11(2)4-8-3-7(10)5-16-8/h3,5-6H,4H2,1-2H3,(H,12,13). The summed E-state index contributed by atoms with van der Waals surface area (Å²) in [6.07, 6.45) is 0. The molecule has 0 fully saturated rings. The Labute approximate surface area is 112 Å². The molecule has 1 atom stereocenters. The van der Waals surface area contributed by atoms with Gasteiger partial charge < -0.3 is 5.11 Å². The van der Waals surface area contributed by atoms with Crippen molar-refractivity contribution in [1.82, 2.24) is 4.31 Å². The van der Waals surface area contributed by atoms with Gasteiger partial charge in [0, 0.05) is 28.3 Å². The molecule has 0 aliphatic carbocycles. The molecule has 8 heteroatoms. The van der Waals surface area contributed by atoms with Crippen LogP contribution in [0, 0.1) is 0 Å². The van der Waals surface area contributed by atoms with Gasteiger partial charge in [-0.05, 0) is 28.9 Å². The summed E-state index contributed by atoms with van der Waals surface area (Å²) < 4.78 is 25.6. The van der Waals surface area contributed by atoms with Gasteiger partial charge in [0.2, 0.25) is 10.0 Å². The van der Waals surface area contributed by atoms with Crippen molar-refractivity contribution in [2.75, 3.05) is 7.05 Å². The fourth-order valence-electron chi connectivity index (χ4n) is 1.14. The van der Waals surface area contributed by atoms with Crippen molar-refractivity contribution in [3.05, 3.63) is 20.8 Å². The van der Waals surface area contributed by atoms with Crippen LogP contribution < -0.4 is 0 Å². The van der Waals surface area contributed by atoms with Crippen molar-refractivity contribution >= 4 is 43.3 Å². The molecule has 0 aromatic carbocycles. The van der Waals surface area contributed by atoms with Gasteiger partial charge in [-0.2, -0.15) is 4.31 Å². The van der Waals surface area contributed by atoms with Crippen LogP contribution >= 0.6 is 27.3 Å². The molecule has 0 bridgehead atoms. The minimum Gasteiger partial charge on any atom is -0.480 e. The van der Waals surface area contributed by atoms with E-state index in [1.807, 2.05) is 11.4 Å². The van der Waals surface area contributed by atoms with E-state index in [-0.39, 0.29) is 6.54 Å². The van der Waals surface area contributed by atoms with Crippen LogP contribution in [0.25, 0.3) is 0 Å². The maximum Gasteiger partial charge on any atom is 0.323 e. The summed E-state index contributed by atoms with van der Waals surface area (Å²) in [5, 5.41) is 9.14. The summed E-state index contributed by atoms with van der Waals surface area (Å²) in [6, 6.07) is 1.81. The van der Waals surface area contributed by atoms with E-state index in [1.54, 1.807) is 0 Å². The van der Waals surface area contributed by atoms with Crippen LogP contribution in [0.4, 0.5) is 0 Å². The summed E-state index contributed by atoms with van der Waals surface area (Å²) in [5.41, 5.74) is 0. The Hall–Kier alpha value is -0.440. The minimum atomic E-state index is -3.80. The van der Waals surface area contributed by atoms with Crippen molar-refractivity contribution in [3.8, 4) is 0 Å². The minimum absolute atomic E-state index is 0.177. The highest BCUT2D eigenvalue weighted by atomic mass is 79.9.